The van der Waals surface area contributed by atoms with Crippen molar-refractivity contribution in [3.63, 3.8) is 0 Å². The van der Waals surface area contributed by atoms with Gasteiger partial charge in [0.2, 0.25) is 0 Å². The van der Waals surface area contributed by atoms with E-state index in [4.69, 9.17) is 15.6 Å². The van der Waals surface area contributed by atoms with E-state index in [1.54, 1.807) is 12.1 Å². The van der Waals surface area contributed by atoms with E-state index in [9.17, 15) is 4.39 Å². The molecule has 0 radical (unpaired) electrons. The lowest BCUT2D eigenvalue weighted by molar-refractivity contribution is 0.283. The van der Waals surface area contributed by atoms with Crippen LogP contribution in [-0.2, 0) is 0 Å². The van der Waals surface area contributed by atoms with Crippen LogP contribution >= 0.6 is 0 Å². The summed E-state index contributed by atoms with van der Waals surface area (Å²) in [6, 6.07) is 4.68. The van der Waals surface area contributed by atoms with Gasteiger partial charge in [-0.2, -0.15) is 0 Å². The third-order valence-corrected chi connectivity index (χ3v) is 2.54. The van der Waals surface area contributed by atoms with Gasteiger partial charge in [-0.1, -0.05) is 6.07 Å². The van der Waals surface area contributed by atoms with Crippen LogP contribution in [-0.4, -0.2) is 31.9 Å². The van der Waals surface area contributed by atoms with Crippen LogP contribution in [0.15, 0.2) is 18.2 Å². The largest absolute Gasteiger partial charge is 0.494 e. The molecule has 0 spiro atoms. The Labute approximate surface area is 101 Å². The number of hydrogen-bond donors (Lipinski definition) is 3. The summed E-state index contributed by atoms with van der Waals surface area (Å²) in [5.74, 6) is -0.174. The molecular formula is C12H19FN2O2. The second kappa shape index (κ2) is 7.21. The molecule has 0 saturated heterocycles. The van der Waals surface area contributed by atoms with Crippen LogP contribution in [0.3, 0.4) is 0 Å². The zero-order valence-electron chi connectivity index (χ0n) is 9.95. The molecule has 0 amide bonds. The van der Waals surface area contributed by atoms with Crippen molar-refractivity contribution in [3.8, 4) is 5.75 Å². The van der Waals surface area contributed by atoms with Crippen molar-refractivity contribution in [1.29, 1.82) is 0 Å². The molecule has 0 aliphatic carbocycles. The lowest BCUT2D eigenvalue weighted by Crippen LogP contribution is -2.29. The van der Waals surface area contributed by atoms with Crippen LogP contribution in [0.25, 0.3) is 0 Å². The molecule has 0 heterocycles. The van der Waals surface area contributed by atoms with Crippen molar-refractivity contribution >= 4 is 0 Å². The zero-order valence-corrected chi connectivity index (χ0v) is 9.95. The number of halogens is 1. The molecule has 4 N–H and O–H groups in total. The molecule has 1 rings (SSSR count). The first kappa shape index (κ1) is 13.9. The van der Waals surface area contributed by atoms with E-state index < -0.39 is 5.82 Å². The molecule has 1 aromatic carbocycles. The number of nitrogens with two attached hydrogens (primary N) is 1. The van der Waals surface area contributed by atoms with Crippen molar-refractivity contribution in [2.24, 2.45) is 5.73 Å². The van der Waals surface area contributed by atoms with E-state index in [1.807, 2.05) is 0 Å². The Morgan fingerprint density at radius 2 is 2.29 bits per heavy atom. The van der Waals surface area contributed by atoms with E-state index in [0.717, 1.165) is 5.56 Å². The maximum atomic E-state index is 13.5. The number of aliphatic hydroxyl groups excluding tert-OH is 1. The van der Waals surface area contributed by atoms with E-state index >= 15 is 0 Å². The van der Waals surface area contributed by atoms with Crippen molar-refractivity contribution in [3.05, 3.63) is 29.6 Å². The molecule has 1 aromatic rings. The zero-order chi connectivity index (χ0) is 12.7. The minimum atomic E-state index is -0.396. The van der Waals surface area contributed by atoms with Crippen LogP contribution in [0.2, 0.25) is 0 Å². The summed E-state index contributed by atoms with van der Waals surface area (Å²) in [5, 5.41) is 11.8. The lowest BCUT2D eigenvalue weighted by atomic mass is 10.1. The highest BCUT2D eigenvalue weighted by atomic mass is 19.1. The maximum absolute atomic E-state index is 13.5. The molecular weight excluding hydrogens is 223 g/mol. The van der Waals surface area contributed by atoms with Gasteiger partial charge in [-0.3, -0.25) is 0 Å². The lowest BCUT2D eigenvalue weighted by Gasteiger charge is -2.17. The molecule has 17 heavy (non-hydrogen) atoms. The van der Waals surface area contributed by atoms with Crippen molar-refractivity contribution in [1.82, 2.24) is 5.32 Å². The highest BCUT2D eigenvalue weighted by Crippen LogP contribution is 2.21. The fourth-order valence-corrected chi connectivity index (χ4v) is 1.59. The fraction of sp³-hybridized carbons (Fsp3) is 0.500. The Kier molecular flexibility index (Phi) is 5.90. The summed E-state index contributed by atoms with van der Waals surface area (Å²) < 4.78 is 18.4. The maximum Gasteiger partial charge on any atom is 0.165 e. The molecule has 0 fully saturated rings. The number of benzene rings is 1. The first-order valence-corrected chi connectivity index (χ1v) is 5.60. The highest BCUT2D eigenvalue weighted by Gasteiger charge is 2.11. The number of methoxy groups -OCH3 is 1. The molecule has 5 heteroatoms. The molecule has 0 aromatic heterocycles. The first-order valence-electron chi connectivity index (χ1n) is 5.60. The van der Waals surface area contributed by atoms with E-state index in [0.29, 0.717) is 19.5 Å². The number of rotatable bonds is 7. The molecule has 0 aliphatic heterocycles. The van der Waals surface area contributed by atoms with Crippen LogP contribution in [0, 0.1) is 5.82 Å². The van der Waals surface area contributed by atoms with Gasteiger partial charge in [-0.25, -0.2) is 4.39 Å². The Balaban J connectivity index is 2.71. The number of hydrogen-bond acceptors (Lipinski definition) is 4. The summed E-state index contributed by atoms with van der Waals surface area (Å²) in [6.45, 7) is 1.14. The van der Waals surface area contributed by atoms with Gasteiger partial charge < -0.3 is 20.9 Å². The van der Waals surface area contributed by atoms with Crippen LogP contribution < -0.4 is 15.8 Å². The third kappa shape index (κ3) is 3.96. The minimum absolute atomic E-state index is 0.109. The molecule has 4 nitrogen and oxygen atoms in total. The number of nitrogens with one attached hydrogen (secondary N) is 1. The standard InChI is InChI=1S/C12H19FN2O2/c1-17-12-4-3-9(7-10(12)13)11(8-14)15-5-2-6-16/h3-4,7,11,15-16H,2,5-6,8,14H2,1H3. The van der Waals surface area contributed by atoms with Crippen molar-refractivity contribution in [2.45, 2.75) is 12.5 Å². The van der Waals surface area contributed by atoms with E-state index in [2.05, 4.69) is 5.32 Å². The molecule has 0 aliphatic rings. The molecule has 96 valence electrons. The summed E-state index contributed by atoms with van der Waals surface area (Å²) in [5.41, 5.74) is 6.41. The Morgan fingerprint density at radius 1 is 1.53 bits per heavy atom. The Hall–Kier alpha value is -1.17. The second-order valence-electron chi connectivity index (χ2n) is 3.71. The average Bonchev–Trinajstić information content (AvgIpc) is 2.35. The van der Waals surface area contributed by atoms with Gasteiger partial charge in [0.05, 0.1) is 7.11 Å². The monoisotopic (exact) mass is 242 g/mol. The van der Waals surface area contributed by atoms with E-state index in [1.165, 1.54) is 13.2 Å². The van der Waals surface area contributed by atoms with Gasteiger partial charge in [0.25, 0.3) is 0 Å². The Bertz CT molecular complexity index is 347. The fourth-order valence-electron chi connectivity index (χ4n) is 1.59. The SMILES string of the molecule is COc1ccc(C(CN)NCCCO)cc1F. The van der Waals surface area contributed by atoms with Gasteiger partial charge in [-0.15, -0.1) is 0 Å². The van der Waals surface area contributed by atoms with Crippen LogP contribution in [0.1, 0.15) is 18.0 Å². The predicted octanol–water partition coefficient (Wildman–Crippen LogP) is 0.806. The van der Waals surface area contributed by atoms with Gasteiger partial charge in [0.15, 0.2) is 11.6 Å². The van der Waals surface area contributed by atoms with Gasteiger partial charge >= 0.3 is 0 Å². The van der Waals surface area contributed by atoms with Gasteiger partial charge in [0, 0.05) is 19.2 Å². The number of aliphatic hydroxyl groups is 1. The topological polar surface area (TPSA) is 67.5 Å². The van der Waals surface area contributed by atoms with Crippen molar-refractivity contribution < 1.29 is 14.2 Å². The summed E-state index contributed by atoms with van der Waals surface area (Å²) in [7, 11) is 1.43. The first-order chi connectivity index (χ1) is 8.22. The number of ether oxygens (including phenoxy) is 1. The minimum Gasteiger partial charge on any atom is -0.494 e. The second-order valence-corrected chi connectivity index (χ2v) is 3.71. The highest BCUT2D eigenvalue weighted by molar-refractivity contribution is 5.31. The van der Waals surface area contributed by atoms with Gasteiger partial charge in [-0.05, 0) is 30.7 Å². The van der Waals surface area contributed by atoms with E-state index in [-0.39, 0.29) is 18.4 Å². The summed E-state index contributed by atoms with van der Waals surface area (Å²) >= 11 is 0. The smallest absolute Gasteiger partial charge is 0.165 e. The van der Waals surface area contributed by atoms with Crippen LogP contribution in [0.4, 0.5) is 4.39 Å². The predicted molar refractivity (Wildman–Crippen MR) is 64.5 cm³/mol. The molecule has 1 unspecified atom stereocenters. The molecule has 0 bridgehead atoms. The van der Waals surface area contributed by atoms with Gasteiger partial charge in [0.1, 0.15) is 0 Å². The Morgan fingerprint density at radius 3 is 2.82 bits per heavy atom. The quantitative estimate of drug-likeness (QED) is 0.619. The average molecular weight is 242 g/mol. The normalized spacial score (nSPS) is 12.5. The van der Waals surface area contributed by atoms with Crippen molar-refractivity contribution in [2.75, 3.05) is 26.8 Å². The summed E-state index contributed by atoms with van der Waals surface area (Å²) in [4.78, 5) is 0. The van der Waals surface area contributed by atoms with Crippen LogP contribution in [0.5, 0.6) is 5.75 Å². The third-order valence-electron chi connectivity index (χ3n) is 2.54. The summed E-state index contributed by atoms with van der Waals surface area (Å²) in [6.07, 6.45) is 0.648. The molecule has 1 atom stereocenters. The molecule has 0 saturated carbocycles.